The van der Waals surface area contributed by atoms with Gasteiger partial charge in [-0.15, -0.1) is 0 Å². The van der Waals surface area contributed by atoms with Crippen molar-refractivity contribution in [3.05, 3.63) is 87.8 Å². The fourth-order valence-electron chi connectivity index (χ4n) is 4.09. The van der Waals surface area contributed by atoms with E-state index in [0.29, 0.717) is 30.0 Å². The number of benzene rings is 2. The van der Waals surface area contributed by atoms with Crippen molar-refractivity contribution in [1.29, 1.82) is 0 Å². The quantitative estimate of drug-likeness (QED) is 0.395. The van der Waals surface area contributed by atoms with E-state index in [0.717, 1.165) is 33.6 Å². The summed E-state index contributed by atoms with van der Waals surface area (Å²) in [7, 11) is 0. The summed E-state index contributed by atoms with van der Waals surface area (Å²) in [6, 6.07) is 17.2. The van der Waals surface area contributed by atoms with Crippen LogP contribution in [-0.4, -0.2) is 35.8 Å². The molecule has 3 aromatic heterocycles. The summed E-state index contributed by atoms with van der Waals surface area (Å²) in [6.45, 7) is 4.37. The maximum Gasteiger partial charge on any atom is 0.439 e. The summed E-state index contributed by atoms with van der Waals surface area (Å²) >= 11 is 0. The third-order valence-electron chi connectivity index (χ3n) is 5.74. The summed E-state index contributed by atoms with van der Waals surface area (Å²) in [5, 5.41) is 13.2. The summed E-state index contributed by atoms with van der Waals surface area (Å²) < 4.78 is 6.63. The van der Waals surface area contributed by atoms with E-state index in [4.69, 9.17) is 4.98 Å². The van der Waals surface area contributed by atoms with E-state index in [2.05, 4.69) is 19.6 Å². The number of nitrogens with one attached hydrogen (secondary N) is 1. The summed E-state index contributed by atoms with van der Waals surface area (Å²) in [4.78, 5) is 34.6. The number of nitrogens with zero attached hydrogens (tertiary/aromatic N) is 4. The first kappa shape index (κ1) is 21.3. The number of H-pyrrole nitrogens is 1. The van der Waals surface area contributed by atoms with Crippen molar-refractivity contribution in [3.63, 3.8) is 0 Å². The van der Waals surface area contributed by atoms with Gasteiger partial charge >= 0.3 is 11.7 Å². The van der Waals surface area contributed by atoms with Crippen molar-refractivity contribution < 1.29 is 14.4 Å². The molecule has 0 aliphatic rings. The molecule has 3 heterocycles. The number of pyridine rings is 1. The highest BCUT2D eigenvalue weighted by Gasteiger charge is 2.17. The van der Waals surface area contributed by atoms with Crippen molar-refractivity contribution in [2.24, 2.45) is 0 Å². The van der Waals surface area contributed by atoms with E-state index < -0.39 is 11.7 Å². The van der Waals surface area contributed by atoms with Gasteiger partial charge in [0.25, 0.3) is 0 Å². The van der Waals surface area contributed by atoms with Gasteiger partial charge in [-0.05, 0) is 35.2 Å². The van der Waals surface area contributed by atoms with Crippen LogP contribution in [-0.2, 0) is 13.0 Å². The Morgan fingerprint density at radius 3 is 2.47 bits per heavy atom. The highest BCUT2D eigenvalue weighted by atomic mass is 16.5. The Bertz CT molecular complexity index is 1580. The maximum atomic E-state index is 11.5. The molecule has 0 radical (unpaired) electrons. The van der Waals surface area contributed by atoms with Gasteiger partial charge in [-0.3, -0.25) is 9.51 Å². The molecule has 0 aliphatic heterocycles. The lowest BCUT2D eigenvalue weighted by Crippen LogP contribution is -2.07. The average molecular weight is 455 g/mol. The predicted octanol–water partition coefficient (Wildman–Crippen LogP) is 4.06. The van der Waals surface area contributed by atoms with Crippen LogP contribution in [0, 0.1) is 6.92 Å². The van der Waals surface area contributed by atoms with Crippen LogP contribution in [0.2, 0.25) is 0 Å². The molecule has 170 valence electrons. The second-order valence-electron chi connectivity index (χ2n) is 7.96. The number of carbonyl (C=O) groups is 1. The first-order valence-electron chi connectivity index (χ1n) is 10.8. The number of imidazole rings is 1. The molecule has 2 N–H and O–H groups in total. The van der Waals surface area contributed by atoms with Crippen molar-refractivity contribution in [2.45, 2.75) is 26.8 Å². The van der Waals surface area contributed by atoms with E-state index in [1.807, 2.05) is 66.9 Å². The highest BCUT2D eigenvalue weighted by Crippen LogP contribution is 2.30. The number of rotatable bonds is 6. The molecule has 5 rings (SSSR count). The number of aryl methyl sites for hydroxylation is 2. The molecule has 34 heavy (non-hydrogen) atoms. The van der Waals surface area contributed by atoms with Gasteiger partial charge in [0, 0.05) is 12.0 Å². The number of fused-ring (bicyclic) bond motifs is 1. The maximum absolute atomic E-state index is 11.5. The molecule has 9 nitrogen and oxygen atoms in total. The van der Waals surface area contributed by atoms with Crippen LogP contribution < -0.4 is 5.76 Å². The number of hydrogen-bond donors (Lipinski definition) is 2. The summed E-state index contributed by atoms with van der Waals surface area (Å²) in [6.07, 6.45) is 0.694. The number of aromatic carboxylic acids is 1. The minimum absolute atomic E-state index is 0.00616. The molecule has 5 aromatic rings. The van der Waals surface area contributed by atoms with Crippen LogP contribution in [0.25, 0.3) is 33.7 Å². The average Bonchev–Trinajstić information content (AvgIpc) is 3.43. The first-order valence-corrected chi connectivity index (χ1v) is 10.8. The molecule has 0 saturated heterocycles. The fourth-order valence-corrected chi connectivity index (χ4v) is 4.09. The molecule has 0 aliphatic carbocycles. The molecular formula is C25H21N5O4. The Morgan fingerprint density at radius 2 is 1.82 bits per heavy atom. The van der Waals surface area contributed by atoms with Crippen molar-refractivity contribution in [1.82, 2.24) is 24.7 Å². The van der Waals surface area contributed by atoms with Crippen LogP contribution in [0.4, 0.5) is 0 Å². The third kappa shape index (κ3) is 3.77. The summed E-state index contributed by atoms with van der Waals surface area (Å²) in [5.41, 5.74) is 5.72. The highest BCUT2D eigenvalue weighted by molar-refractivity contribution is 5.89. The van der Waals surface area contributed by atoms with Crippen LogP contribution in [0.3, 0.4) is 0 Å². The van der Waals surface area contributed by atoms with Crippen molar-refractivity contribution in [2.75, 3.05) is 0 Å². The molecule has 0 unspecified atom stereocenters. The normalized spacial score (nSPS) is 11.2. The number of aromatic nitrogens is 5. The Balaban J connectivity index is 1.52. The van der Waals surface area contributed by atoms with E-state index in [-0.39, 0.29) is 5.69 Å². The molecule has 2 aromatic carbocycles. The van der Waals surface area contributed by atoms with Gasteiger partial charge in [-0.25, -0.2) is 19.6 Å². The Hall–Kier alpha value is -4.53. The minimum Gasteiger partial charge on any atom is -0.477 e. The minimum atomic E-state index is -1.06. The topological polar surface area (TPSA) is 127 Å². The first-order chi connectivity index (χ1) is 16.4. The molecule has 0 amide bonds. The van der Waals surface area contributed by atoms with Gasteiger partial charge in [0.05, 0.1) is 6.54 Å². The second-order valence-corrected chi connectivity index (χ2v) is 7.96. The largest absolute Gasteiger partial charge is 0.477 e. The van der Waals surface area contributed by atoms with Gasteiger partial charge in [0.2, 0.25) is 0 Å². The Morgan fingerprint density at radius 1 is 1.09 bits per heavy atom. The molecule has 0 bridgehead atoms. The van der Waals surface area contributed by atoms with Crippen molar-refractivity contribution in [3.8, 4) is 22.5 Å². The second kappa shape index (κ2) is 8.43. The third-order valence-corrected chi connectivity index (χ3v) is 5.74. The van der Waals surface area contributed by atoms with Gasteiger partial charge in [-0.1, -0.05) is 60.6 Å². The monoisotopic (exact) mass is 455 g/mol. The van der Waals surface area contributed by atoms with E-state index >= 15 is 0 Å². The van der Waals surface area contributed by atoms with Crippen LogP contribution >= 0.6 is 0 Å². The lowest BCUT2D eigenvalue weighted by Gasteiger charge is -2.11. The van der Waals surface area contributed by atoms with Gasteiger partial charge in [-0.2, -0.15) is 0 Å². The molecule has 9 heteroatoms. The number of aromatic amines is 1. The molecule has 0 fully saturated rings. The molecule has 0 saturated carbocycles. The van der Waals surface area contributed by atoms with Crippen molar-refractivity contribution >= 4 is 17.1 Å². The number of hydrogen-bond acceptors (Lipinski definition) is 6. The smallest absolute Gasteiger partial charge is 0.439 e. The zero-order valence-electron chi connectivity index (χ0n) is 18.6. The standard InChI is InChI=1S/C25H21N5O4/c1-3-20-27-21-14(2)12-19(24(31)32)26-23(21)30(20)13-15-8-10-16(11-9-15)17-6-4-5-7-18(17)22-28-25(33)34-29-22/h4-12H,3,13H2,1-2H3,(H,31,32)(H,28,29,33). The Kier molecular flexibility index (Phi) is 5.29. The van der Waals surface area contributed by atoms with E-state index in [1.165, 1.54) is 0 Å². The fraction of sp³-hybridized carbons (Fsp3) is 0.160. The van der Waals surface area contributed by atoms with Gasteiger partial charge in [0.1, 0.15) is 11.3 Å². The zero-order chi connectivity index (χ0) is 23.8. The van der Waals surface area contributed by atoms with Gasteiger partial charge in [0.15, 0.2) is 17.2 Å². The van der Waals surface area contributed by atoms with Crippen LogP contribution in [0.15, 0.2) is 63.9 Å². The van der Waals surface area contributed by atoms with Crippen LogP contribution in [0.5, 0.6) is 0 Å². The SMILES string of the molecule is CCc1nc2c(C)cc(C(=O)O)nc2n1Cc1ccc(-c2ccccc2-c2noc(=O)[nH]2)cc1. The molecule has 0 atom stereocenters. The lowest BCUT2D eigenvalue weighted by atomic mass is 9.98. The lowest BCUT2D eigenvalue weighted by molar-refractivity contribution is 0.0690. The Labute approximate surface area is 193 Å². The van der Waals surface area contributed by atoms with E-state index in [1.54, 1.807) is 6.07 Å². The predicted molar refractivity (Wildman–Crippen MR) is 126 cm³/mol. The number of carboxylic acid groups (broad SMARTS) is 1. The van der Waals surface area contributed by atoms with E-state index in [9.17, 15) is 14.7 Å². The number of carboxylic acids is 1. The van der Waals surface area contributed by atoms with Gasteiger partial charge < -0.3 is 9.67 Å². The zero-order valence-corrected chi connectivity index (χ0v) is 18.6. The summed E-state index contributed by atoms with van der Waals surface area (Å²) in [5.74, 6) is -0.447. The molecular weight excluding hydrogens is 434 g/mol. The van der Waals surface area contributed by atoms with Crippen LogP contribution in [0.1, 0.15) is 34.4 Å². The molecule has 0 spiro atoms.